The van der Waals surface area contributed by atoms with Crippen molar-refractivity contribution >= 4 is 34.8 Å². The van der Waals surface area contributed by atoms with Crippen molar-refractivity contribution in [1.82, 2.24) is 4.90 Å². The van der Waals surface area contributed by atoms with Crippen LogP contribution in [0.3, 0.4) is 0 Å². The number of halogens is 1. The summed E-state index contributed by atoms with van der Waals surface area (Å²) in [7, 11) is 3.81. The smallest absolute Gasteiger partial charge is 0.229 e. The van der Waals surface area contributed by atoms with Gasteiger partial charge in [0.15, 0.2) is 0 Å². The van der Waals surface area contributed by atoms with Crippen LogP contribution in [0.5, 0.6) is 0 Å². The zero-order chi connectivity index (χ0) is 19.4. The van der Waals surface area contributed by atoms with Crippen molar-refractivity contribution in [3.63, 3.8) is 0 Å². The van der Waals surface area contributed by atoms with E-state index in [2.05, 4.69) is 5.32 Å². The highest BCUT2D eigenvalue weighted by molar-refractivity contribution is 6.31. The Hall–Kier alpha value is -2.53. The predicted octanol–water partition coefficient (Wildman–Crippen LogP) is 3.44. The second-order valence-electron chi connectivity index (χ2n) is 7.02. The molecule has 2 amide bonds. The zero-order valence-corrected chi connectivity index (χ0v) is 16.4. The third kappa shape index (κ3) is 4.80. The van der Waals surface area contributed by atoms with E-state index in [1.807, 2.05) is 55.4 Å². The number of amides is 2. The number of nitrogens with one attached hydrogen (secondary N) is 1. The van der Waals surface area contributed by atoms with Crippen LogP contribution in [0.25, 0.3) is 0 Å². The first-order valence-corrected chi connectivity index (χ1v) is 9.41. The van der Waals surface area contributed by atoms with Gasteiger partial charge in [0, 0.05) is 38.6 Å². The third-order valence-electron chi connectivity index (χ3n) is 4.80. The molecule has 0 saturated carbocycles. The molecule has 0 bridgehead atoms. The molecule has 6 heteroatoms. The Bertz CT molecular complexity index is 823. The van der Waals surface area contributed by atoms with Crippen LogP contribution in [0.2, 0.25) is 5.02 Å². The van der Waals surface area contributed by atoms with E-state index in [1.54, 1.807) is 17.0 Å². The molecule has 0 radical (unpaired) electrons. The summed E-state index contributed by atoms with van der Waals surface area (Å²) in [6, 6.07) is 15.4. The van der Waals surface area contributed by atoms with Crippen molar-refractivity contribution < 1.29 is 9.59 Å². The molecule has 142 valence electrons. The number of likely N-dealkylation sites (tertiary alicyclic amines) is 1. The number of hydrogen-bond acceptors (Lipinski definition) is 3. The van der Waals surface area contributed by atoms with Crippen LogP contribution in [0.1, 0.15) is 12.0 Å². The lowest BCUT2D eigenvalue weighted by Crippen LogP contribution is -2.30. The highest BCUT2D eigenvalue weighted by atomic mass is 35.5. The Kier molecular flexibility index (Phi) is 6.01. The Balaban J connectivity index is 1.62. The number of rotatable bonds is 6. The van der Waals surface area contributed by atoms with Crippen LogP contribution in [-0.4, -0.2) is 43.9 Å². The van der Waals surface area contributed by atoms with Gasteiger partial charge in [-0.2, -0.15) is 0 Å². The van der Waals surface area contributed by atoms with Crippen LogP contribution < -0.4 is 10.2 Å². The minimum atomic E-state index is -0.345. The second kappa shape index (κ2) is 8.44. The van der Waals surface area contributed by atoms with E-state index < -0.39 is 0 Å². The quantitative estimate of drug-likeness (QED) is 0.828. The molecule has 0 aromatic heterocycles. The number of nitrogens with zero attached hydrogens (tertiary/aromatic N) is 2. The van der Waals surface area contributed by atoms with Gasteiger partial charge in [-0.15, -0.1) is 0 Å². The van der Waals surface area contributed by atoms with E-state index in [9.17, 15) is 9.59 Å². The molecule has 1 fully saturated rings. The van der Waals surface area contributed by atoms with Crippen molar-refractivity contribution in [2.24, 2.45) is 5.92 Å². The van der Waals surface area contributed by atoms with Gasteiger partial charge in [0.1, 0.15) is 0 Å². The molecule has 0 aliphatic carbocycles. The highest BCUT2D eigenvalue weighted by Gasteiger charge is 2.34. The van der Waals surface area contributed by atoms with Crippen LogP contribution in [-0.2, 0) is 16.0 Å². The molecular weight excluding hydrogens is 362 g/mol. The van der Waals surface area contributed by atoms with E-state index >= 15 is 0 Å². The topological polar surface area (TPSA) is 52.7 Å². The number of benzene rings is 2. The van der Waals surface area contributed by atoms with E-state index in [4.69, 9.17) is 11.6 Å². The Morgan fingerprint density at radius 2 is 1.96 bits per heavy atom. The van der Waals surface area contributed by atoms with E-state index in [-0.39, 0.29) is 24.2 Å². The van der Waals surface area contributed by atoms with Crippen LogP contribution >= 0.6 is 11.6 Å². The van der Waals surface area contributed by atoms with Gasteiger partial charge in [0.05, 0.1) is 17.3 Å². The van der Waals surface area contributed by atoms with Gasteiger partial charge in [-0.1, -0.05) is 41.9 Å². The molecule has 2 aromatic rings. The van der Waals surface area contributed by atoms with Gasteiger partial charge in [-0.25, -0.2) is 0 Å². The zero-order valence-electron chi connectivity index (χ0n) is 15.6. The molecule has 1 N–H and O–H groups in total. The van der Waals surface area contributed by atoms with Crippen LogP contribution in [0.4, 0.5) is 11.4 Å². The predicted molar refractivity (Wildman–Crippen MR) is 109 cm³/mol. The van der Waals surface area contributed by atoms with Gasteiger partial charge in [0.2, 0.25) is 11.8 Å². The fourth-order valence-corrected chi connectivity index (χ4v) is 3.48. The summed E-state index contributed by atoms with van der Waals surface area (Å²) in [5.74, 6) is -0.455. The molecule has 27 heavy (non-hydrogen) atoms. The number of hydrogen-bond donors (Lipinski definition) is 1. The SMILES string of the molecule is CN(C)c1ccc(Cl)cc1NC(=O)[C@@H]1CC(=O)N(CCc2ccccc2)C1. The summed E-state index contributed by atoms with van der Waals surface area (Å²) in [6.45, 7) is 1.09. The second-order valence-corrected chi connectivity index (χ2v) is 7.46. The minimum Gasteiger partial charge on any atom is -0.376 e. The van der Waals surface area contributed by atoms with Crippen molar-refractivity contribution in [2.45, 2.75) is 12.8 Å². The maximum Gasteiger partial charge on any atom is 0.229 e. The van der Waals surface area contributed by atoms with Crippen LogP contribution in [0, 0.1) is 5.92 Å². The van der Waals surface area contributed by atoms with Crippen LogP contribution in [0.15, 0.2) is 48.5 Å². The molecule has 1 saturated heterocycles. The fourth-order valence-electron chi connectivity index (χ4n) is 3.31. The minimum absolute atomic E-state index is 0.0324. The lowest BCUT2D eigenvalue weighted by molar-refractivity contribution is -0.128. The monoisotopic (exact) mass is 385 g/mol. The molecule has 1 aliphatic rings. The van der Waals surface area contributed by atoms with Gasteiger partial charge in [-0.05, 0) is 30.2 Å². The first-order chi connectivity index (χ1) is 12.9. The molecule has 1 aliphatic heterocycles. The first kappa shape index (κ1) is 19.2. The molecule has 2 aromatic carbocycles. The summed E-state index contributed by atoms with van der Waals surface area (Å²) in [5, 5.41) is 3.50. The molecule has 5 nitrogen and oxygen atoms in total. The number of carbonyl (C=O) groups excluding carboxylic acids is 2. The first-order valence-electron chi connectivity index (χ1n) is 9.03. The molecule has 1 atom stereocenters. The average molecular weight is 386 g/mol. The van der Waals surface area contributed by atoms with Gasteiger partial charge in [-0.3, -0.25) is 9.59 Å². The van der Waals surface area contributed by atoms with Crippen molar-refractivity contribution in [3.05, 3.63) is 59.1 Å². The third-order valence-corrected chi connectivity index (χ3v) is 5.03. The summed E-state index contributed by atoms with van der Waals surface area (Å²) < 4.78 is 0. The number of anilines is 2. The normalized spacial score (nSPS) is 16.5. The van der Waals surface area contributed by atoms with E-state index in [0.29, 0.717) is 23.8 Å². The molecule has 1 heterocycles. The summed E-state index contributed by atoms with van der Waals surface area (Å²) in [6.07, 6.45) is 1.04. The van der Waals surface area contributed by atoms with E-state index in [1.165, 1.54) is 5.56 Å². The Labute approximate surface area is 164 Å². The molecule has 0 unspecified atom stereocenters. The number of carbonyl (C=O) groups is 2. The summed E-state index contributed by atoms with van der Waals surface area (Å²) >= 11 is 6.08. The molecule has 3 rings (SSSR count). The molecular formula is C21H24ClN3O2. The van der Waals surface area contributed by atoms with Gasteiger partial charge >= 0.3 is 0 Å². The standard InChI is InChI=1S/C21H24ClN3O2/c1-24(2)19-9-8-17(22)13-18(19)23-21(27)16-12-20(26)25(14-16)11-10-15-6-4-3-5-7-15/h3-9,13,16H,10-12,14H2,1-2H3,(H,23,27)/t16-/m1/s1. The Morgan fingerprint density at radius 3 is 2.67 bits per heavy atom. The fraction of sp³-hybridized carbons (Fsp3) is 0.333. The van der Waals surface area contributed by atoms with Crippen molar-refractivity contribution in [2.75, 3.05) is 37.4 Å². The maximum absolute atomic E-state index is 12.7. The average Bonchev–Trinajstić information content (AvgIpc) is 3.01. The van der Waals surface area contributed by atoms with Gasteiger partial charge < -0.3 is 15.1 Å². The van der Waals surface area contributed by atoms with E-state index in [0.717, 1.165) is 12.1 Å². The largest absolute Gasteiger partial charge is 0.376 e. The van der Waals surface area contributed by atoms with Crippen molar-refractivity contribution in [1.29, 1.82) is 0 Å². The lowest BCUT2D eigenvalue weighted by atomic mass is 10.1. The lowest BCUT2D eigenvalue weighted by Gasteiger charge is -2.20. The summed E-state index contributed by atoms with van der Waals surface area (Å²) in [5.41, 5.74) is 2.72. The highest BCUT2D eigenvalue weighted by Crippen LogP contribution is 2.29. The summed E-state index contributed by atoms with van der Waals surface area (Å²) in [4.78, 5) is 28.7. The van der Waals surface area contributed by atoms with Gasteiger partial charge in [0.25, 0.3) is 0 Å². The molecule has 0 spiro atoms. The van der Waals surface area contributed by atoms with Crippen molar-refractivity contribution in [3.8, 4) is 0 Å². The Morgan fingerprint density at radius 1 is 1.22 bits per heavy atom. The maximum atomic E-state index is 12.7.